The first-order chi connectivity index (χ1) is 15.4. The summed E-state index contributed by atoms with van der Waals surface area (Å²) in [5, 5.41) is 27.0. The van der Waals surface area contributed by atoms with Crippen LogP contribution in [0.3, 0.4) is 0 Å². The highest BCUT2D eigenvalue weighted by Crippen LogP contribution is 2.27. The van der Waals surface area contributed by atoms with Crippen molar-refractivity contribution in [2.24, 2.45) is 0 Å². The Bertz CT molecular complexity index is 830. The minimum Gasteiger partial charge on any atom is -0.504 e. The number of nitrogens with one attached hydrogen (secondary N) is 2. The fourth-order valence-corrected chi connectivity index (χ4v) is 3.09. The number of phenols is 2. The van der Waals surface area contributed by atoms with Crippen LogP contribution in [-0.4, -0.2) is 62.4 Å². The van der Waals surface area contributed by atoms with E-state index in [1.54, 1.807) is 24.3 Å². The molecule has 2 amide bonds. The number of carbonyl (C=O) groups is 2. The predicted octanol–water partition coefficient (Wildman–Crippen LogP) is 0.0861. The number of rotatable bonds is 13. The molecule has 0 aromatic heterocycles. The molecule has 0 bridgehead atoms. The number of nitrogens with two attached hydrogens (primary N) is 1. The molecule has 0 fully saturated rings. The van der Waals surface area contributed by atoms with Gasteiger partial charge in [-0.1, -0.05) is 12.1 Å². The molecule has 0 atom stereocenters. The molecule has 0 aliphatic rings. The molecule has 32 heavy (non-hydrogen) atoms. The lowest BCUT2D eigenvalue weighted by molar-refractivity contribution is -0.652. The van der Waals surface area contributed by atoms with Crippen LogP contribution in [0.15, 0.2) is 36.4 Å². The second-order valence-corrected chi connectivity index (χ2v) is 7.29. The Morgan fingerprint density at radius 3 is 1.81 bits per heavy atom. The van der Waals surface area contributed by atoms with Crippen molar-refractivity contribution in [2.75, 3.05) is 40.4 Å². The fourth-order valence-electron chi connectivity index (χ4n) is 3.09. The highest BCUT2D eigenvalue weighted by atomic mass is 16.5. The second kappa shape index (κ2) is 13.1. The zero-order valence-electron chi connectivity index (χ0n) is 18.5. The van der Waals surface area contributed by atoms with Crippen LogP contribution in [0.1, 0.15) is 17.5 Å². The molecule has 0 saturated heterocycles. The lowest BCUT2D eigenvalue weighted by Gasteiger charge is -2.08. The van der Waals surface area contributed by atoms with Crippen LogP contribution in [0, 0.1) is 0 Å². The van der Waals surface area contributed by atoms with Crippen molar-refractivity contribution < 1.29 is 34.6 Å². The Morgan fingerprint density at radius 2 is 1.31 bits per heavy atom. The van der Waals surface area contributed by atoms with Gasteiger partial charge >= 0.3 is 0 Å². The van der Waals surface area contributed by atoms with E-state index in [1.807, 2.05) is 0 Å². The summed E-state index contributed by atoms with van der Waals surface area (Å²) >= 11 is 0. The Morgan fingerprint density at radius 1 is 0.812 bits per heavy atom. The number of ether oxygens (including phenoxy) is 2. The van der Waals surface area contributed by atoms with Crippen molar-refractivity contribution in [2.45, 2.75) is 19.3 Å². The summed E-state index contributed by atoms with van der Waals surface area (Å²) < 4.78 is 10.1. The van der Waals surface area contributed by atoms with E-state index in [9.17, 15) is 19.8 Å². The maximum atomic E-state index is 12.0. The van der Waals surface area contributed by atoms with Crippen molar-refractivity contribution >= 4 is 11.8 Å². The first-order valence-electron chi connectivity index (χ1n) is 10.5. The summed E-state index contributed by atoms with van der Waals surface area (Å²) in [7, 11) is 2.93. The Kier molecular flexibility index (Phi) is 10.1. The summed E-state index contributed by atoms with van der Waals surface area (Å²) in [6.45, 7) is 2.69. The number of carbonyl (C=O) groups excluding carboxylic acids is 2. The number of hydrogen-bond acceptors (Lipinski definition) is 6. The molecule has 0 aliphatic carbocycles. The zero-order chi connectivity index (χ0) is 23.3. The Labute approximate surface area is 187 Å². The third-order valence-electron chi connectivity index (χ3n) is 4.80. The smallest absolute Gasteiger partial charge is 0.224 e. The van der Waals surface area contributed by atoms with Gasteiger partial charge in [0.2, 0.25) is 11.8 Å². The fraction of sp³-hybridized carbons (Fsp3) is 0.391. The van der Waals surface area contributed by atoms with Gasteiger partial charge in [0, 0.05) is 13.0 Å². The van der Waals surface area contributed by atoms with E-state index < -0.39 is 0 Å². The predicted molar refractivity (Wildman–Crippen MR) is 119 cm³/mol. The monoisotopic (exact) mass is 446 g/mol. The molecule has 2 aromatic rings. The van der Waals surface area contributed by atoms with E-state index >= 15 is 0 Å². The highest BCUT2D eigenvalue weighted by molar-refractivity contribution is 5.79. The third-order valence-corrected chi connectivity index (χ3v) is 4.80. The SMILES string of the molecule is COc1cc(CC(=O)NCCC[NH2+]CCNC(=O)Cc2ccc(O)c(OC)c2)ccc1O. The molecule has 2 rings (SSSR count). The lowest BCUT2D eigenvalue weighted by Crippen LogP contribution is -2.86. The minimum atomic E-state index is -0.0933. The third kappa shape index (κ3) is 8.35. The summed E-state index contributed by atoms with van der Waals surface area (Å²) in [4.78, 5) is 24.0. The van der Waals surface area contributed by atoms with E-state index in [4.69, 9.17) is 9.47 Å². The molecular weight excluding hydrogens is 414 g/mol. The summed E-state index contributed by atoms with van der Waals surface area (Å²) in [6, 6.07) is 9.70. The van der Waals surface area contributed by atoms with Crippen LogP contribution in [0.5, 0.6) is 23.0 Å². The molecule has 0 unspecified atom stereocenters. The normalized spacial score (nSPS) is 10.4. The maximum Gasteiger partial charge on any atom is 0.224 e. The zero-order valence-corrected chi connectivity index (χ0v) is 18.5. The molecule has 0 spiro atoms. The van der Waals surface area contributed by atoms with Gasteiger partial charge in [-0.3, -0.25) is 9.59 Å². The summed E-state index contributed by atoms with van der Waals surface area (Å²) in [6.07, 6.45) is 1.25. The first-order valence-corrected chi connectivity index (χ1v) is 10.5. The van der Waals surface area contributed by atoms with Gasteiger partial charge in [-0.2, -0.15) is 0 Å². The maximum absolute atomic E-state index is 12.0. The van der Waals surface area contributed by atoms with Crippen molar-refractivity contribution in [1.29, 1.82) is 0 Å². The van der Waals surface area contributed by atoms with Crippen LogP contribution >= 0.6 is 0 Å². The van der Waals surface area contributed by atoms with Gasteiger partial charge in [0.05, 0.1) is 46.7 Å². The molecule has 0 saturated carbocycles. The van der Waals surface area contributed by atoms with Crippen LogP contribution < -0.4 is 25.4 Å². The van der Waals surface area contributed by atoms with Crippen molar-refractivity contribution in [3.05, 3.63) is 47.5 Å². The van der Waals surface area contributed by atoms with Gasteiger partial charge in [0.15, 0.2) is 23.0 Å². The van der Waals surface area contributed by atoms with E-state index in [0.717, 1.165) is 30.6 Å². The molecule has 0 radical (unpaired) electrons. The quantitative estimate of drug-likeness (QED) is 0.277. The average molecular weight is 447 g/mol. The standard InChI is InChI=1S/C23H31N3O6/c1-31-20-12-16(4-6-18(20)27)14-22(29)25-9-3-8-24-10-11-26-23(30)15-17-5-7-19(28)21(13-17)32-2/h4-7,12-13,24,27-28H,3,8-11,14-15H2,1-2H3,(H,25,29)(H,26,30)/p+1. The van der Waals surface area contributed by atoms with E-state index in [0.29, 0.717) is 24.6 Å². The van der Waals surface area contributed by atoms with Crippen LogP contribution in [0.2, 0.25) is 0 Å². The van der Waals surface area contributed by atoms with Gasteiger partial charge in [-0.25, -0.2) is 0 Å². The van der Waals surface area contributed by atoms with Crippen LogP contribution in [0.25, 0.3) is 0 Å². The second-order valence-electron chi connectivity index (χ2n) is 7.29. The highest BCUT2D eigenvalue weighted by Gasteiger charge is 2.08. The van der Waals surface area contributed by atoms with Gasteiger partial charge in [0.25, 0.3) is 0 Å². The summed E-state index contributed by atoms with van der Waals surface area (Å²) in [5.74, 6) is 0.602. The number of aromatic hydroxyl groups is 2. The topological polar surface area (TPSA) is 134 Å². The molecule has 2 aromatic carbocycles. The Hall–Kier alpha value is -3.46. The van der Waals surface area contributed by atoms with Crippen LogP contribution in [0.4, 0.5) is 0 Å². The van der Waals surface area contributed by atoms with E-state index in [1.165, 1.54) is 26.4 Å². The largest absolute Gasteiger partial charge is 0.504 e. The van der Waals surface area contributed by atoms with Gasteiger partial charge in [-0.05, 0) is 35.4 Å². The molecule has 6 N–H and O–H groups in total. The van der Waals surface area contributed by atoms with Crippen LogP contribution in [-0.2, 0) is 22.4 Å². The molecule has 9 heteroatoms. The number of phenolic OH excluding ortho intramolecular Hbond substituents is 2. The molecule has 174 valence electrons. The first kappa shape index (κ1) is 24.8. The van der Waals surface area contributed by atoms with E-state index in [2.05, 4.69) is 16.0 Å². The average Bonchev–Trinajstić information content (AvgIpc) is 2.78. The van der Waals surface area contributed by atoms with Gasteiger partial charge in [0.1, 0.15) is 0 Å². The minimum absolute atomic E-state index is 0.0445. The number of benzene rings is 2. The number of hydrogen-bond donors (Lipinski definition) is 5. The molecule has 0 aliphatic heterocycles. The number of quaternary nitrogens is 1. The van der Waals surface area contributed by atoms with Gasteiger partial charge in [-0.15, -0.1) is 0 Å². The molecule has 0 heterocycles. The van der Waals surface area contributed by atoms with Crippen molar-refractivity contribution in [3.8, 4) is 23.0 Å². The van der Waals surface area contributed by atoms with Crippen molar-refractivity contribution in [1.82, 2.24) is 10.6 Å². The van der Waals surface area contributed by atoms with E-state index in [-0.39, 0.29) is 36.2 Å². The lowest BCUT2D eigenvalue weighted by atomic mass is 10.1. The van der Waals surface area contributed by atoms with Gasteiger partial charge < -0.3 is 35.6 Å². The van der Waals surface area contributed by atoms with Crippen molar-refractivity contribution in [3.63, 3.8) is 0 Å². The number of methoxy groups -OCH3 is 2. The summed E-state index contributed by atoms with van der Waals surface area (Å²) in [5.41, 5.74) is 1.54. The molecule has 9 nitrogen and oxygen atoms in total. The molecular formula is C23H32N3O6+. The Balaban J connectivity index is 1.53. The number of amides is 2.